The molecule has 0 fully saturated rings. The summed E-state index contributed by atoms with van der Waals surface area (Å²) < 4.78 is 0. The second-order valence-corrected chi connectivity index (χ2v) is 7.23. The number of anilines is 1. The van der Waals surface area contributed by atoms with Crippen molar-refractivity contribution >= 4 is 17.4 Å². The third kappa shape index (κ3) is 4.15. The lowest BCUT2D eigenvalue weighted by atomic mass is 10.1. The molecule has 2 rings (SSSR count). The van der Waals surface area contributed by atoms with Crippen LogP contribution in [0.3, 0.4) is 0 Å². The summed E-state index contributed by atoms with van der Waals surface area (Å²) in [5, 5.41) is 3.66. The van der Waals surface area contributed by atoms with Gasteiger partial charge in [0.25, 0.3) is 0 Å². The van der Waals surface area contributed by atoms with E-state index in [0.717, 1.165) is 19.6 Å². The van der Waals surface area contributed by atoms with Crippen molar-refractivity contribution in [2.75, 3.05) is 29.5 Å². The molecular formula is C16H26N2S. The second-order valence-electron chi connectivity index (χ2n) is 5.84. The van der Waals surface area contributed by atoms with Gasteiger partial charge >= 0.3 is 0 Å². The molecule has 19 heavy (non-hydrogen) atoms. The van der Waals surface area contributed by atoms with Gasteiger partial charge in [-0.2, -0.15) is 11.8 Å². The summed E-state index contributed by atoms with van der Waals surface area (Å²) in [6.45, 7) is 10.1. The number of nitrogens with one attached hydrogen (secondary N) is 1. The van der Waals surface area contributed by atoms with Crippen molar-refractivity contribution < 1.29 is 0 Å². The summed E-state index contributed by atoms with van der Waals surface area (Å²) in [4.78, 5) is 2.56. The van der Waals surface area contributed by atoms with E-state index in [1.54, 1.807) is 0 Å². The standard InChI is InChI=1S/C16H26N2S/c1-4-19-11-7-10-18-13-16(2,3)17-12-14-8-5-6-9-15(14)18/h5-6,8-9,17H,4,7,10-13H2,1-3H3. The highest BCUT2D eigenvalue weighted by Gasteiger charge is 2.26. The van der Waals surface area contributed by atoms with E-state index in [1.165, 1.54) is 29.2 Å². The Hall–Kier alpha value is -0.670. The molecule has 1 heterocycles. The Morgan fingerprint density at radius 3 is 2.89 bits per heavy atom. The summed E-state index contributed by atoms with van der Waals surface area (Å²) in [5.41, 5.74) is 3.02. The fourth-order valence-electron chi connectivity index (χ4n) is 2.62. The van der Waals surface area contributed by atoms with Gasteiger partial charge in [-0.1, -0.05) is 25.1 Å². The zero-order valence-corrected chi connectivity index (χ0v) is 13.2. The number of hydrogen-bond donors (Lipinski definition) is 1. The third-order valence-corrected chi connectivity index (χ3v) is 4.58. The average Bonchev–Trinajstić information content (AvgIpc) is 2.52. The number of thioether (sulfide) groups is 1. The minimum atomic E-state index is 0.177. The Kier molecular flexibility index (Phi) is 5.17. The maximum absolute atomic E-state index is 3.66. The summed E-state index contributed by atoms with van der Waals surface area (Å²) in [6.07, 6.45) is 1.27. The lowest BCUT2D eigenvalue weighted by molar-refractivity contribution is 0.395. The predicted molar refractivity (Wildman–Crippen MR) is 87.2 cm³/mol. The Balaban J connectivity index is 2.09. The maximum Gasteiger partial charge on any atom is 0.0412 e. The molecule has 0 saturated carbocycles. The number of rotatable bonds is 5. The first-order chi connectivity index (χ1) is 9.12. The maximum atomic E-state index is 3.66. The highest BCUT2D eigenvalue weighted by atomic mass is 32.2. The Labute approximate surface area is 122 Å². The summed E-state index contributed by atoms with van der Waals surface area (Å²) >= 11 is 2.04. The predicted octanol–water partition coefficient (Wildman–Crippen LogP) is 3.52. The quantitative estimate of drug-likeness (QED) is 0.830. The van der Waals surface area contributed by atoms with E-state index in [1.807, 2.05) is 11.8 Å². The fourth-order valence-corrected chi connectivity index (χ4v) is 3.24. The Morgan fingerprint density at radius 2 is 2.11 bits per heavy atom. The van der Waals surface area contributed by atoms with Gasteiger partial charge in [0, 0.05) is 30.9 Å². The van der Waals surface area contributed by atoms with Crippen LogP contribution >= 0.6 is 11.8 Å². The monoisotopic (exact) mass is 278 g/mol. The van der Waals surface area contributed by atoms with Crippen molar-refractivity contribution in [2.24, 2.45) is 0 Å². The van der Waals surface area contributed by atoms with Gasteiger partial charge in [0.15, 0.2) is 0 Å². The van der Waals surface area contributed by atoms with Crippen LogP contribution in [0.25, 0.3) is 0 Å². The minimum Gasteiger partial charge on any atom is -0.369 e. The molecule has 1 aliphatic rings. The van der Waals surface area contributed by atoms with Gasteiger partial charge in [0.1, 0.15) is 0 Å². The van der Waals surface area contributed by atoms with Crippen molar-refractivity contribution in [2.45, 2.75) is 39.3 Å². The fraction of sp³-hybridized carbons (Fsp3) is 0.625. The van der Waals surface area contributed by atoms with Gasteiger partial charge in [-0.15, -0.1) is 0 Å². The SMILES string of the molecule is CCSCCCN1CC(C)(C)NCc2ccccc21. The van der Waals surface area contributed by atoms with Crippen LogP contribution in [-0.2, 0) is 6.54 Å². The molecule has 0 aromatic heterocycles. The lowest BCUT2D eigenvalue weighted by Gasteiger charge is -2.32. The molecule has 1 aromatic carbocycles. The number of nitrogens with zero attached hydrogens (tertiary/aromatic N) is 1. The van der Waals surface area contributed by atoms with Crippen LogP contribution < -0.4 is 10.2 Å². The molecule has 1 aliphatic heterocycles. The molecule has 0 spiro atoms. The van der Waals surface area contributed by atoms with E-state index in [0.29, 0.717) is 0 Å². The van der Waals surface area contributed by atoms with Gasteiger partial charge in [-0.05, 0) is 43.4 Å². The average molecular weight is 278 g/mol. The van der Waals surface area contributed by atoms with E-state index in [4.69, 9.17) is 0 Å². The molecule has 0 amide bonds. The molecule has 3 heteroatoms. The lowest BCUT2D eigenvalue weighted by Crippen LogP contribution is -2.47. The van der Waals surface area contributed by atoms with Gasteiger partial charge in [0.05, 0.1) is 0 Å². The molecule has 2 nitrogen and oxygen atoms in total. The van der Waals surface area contributed by atoms with Gasteiger partial charge in [-0.3, -0.25) is 0 Å². The topological polar surface area (TPSA) is 15.3 Å². The molecule has 0 bridgehead atoms. The summed E-state index contributed by atoms with van der Waals surface area (Å²) in [6, 6.07) is 8.82. The Morgan fingerprint density at radius 1 is 1.32 bits per heavy atom. The Bertz CT molecular complexity index is 403. The van der Waals surface area contributed by atoms with Crippen LogP contribution in [0.2, 0.25) is 0 Å². The smallest absolute Gasteiger partial charge is 0.0412 e. The zero-order valence-electron chi connectivity index (χ0n) is 12.4. The number of benzene rings is 1. The third-order valence-electron chi connectivity index (χ3n) is 3.60. The molecule has 1 aromatic rings. The van der Waals surface area contributed by atoms with Crippen molar-refractivity contribution in [3.8, 4) is 0 Å². The van der Waals surface area contributed by atoms with Gasteiger partial charge in [-0.25, -0.2) is 0 Å². The van der Waals surface area contributed by atoms with Gasteiger partial charge in [0.2, 0.25) is 0 Å². The highest BCUT2D eigenvalue weighted by molar-refractivity contribution is 7.99. The first-order valence-electron chi connectivity index (χ1n) is 7.28. The number of para-hydroxylation sites is 1. The van der Waals surface area contributed by atoms with Crippen LogP contribution in [0.1, 0.15) is 32.8 Å². The molecular weight excluding hydrogens is 252 g/mol. The van der Waals surface area contributed by atoms with Crippen molar-refractivity contribution in [3.05, 3.63) is 29.8 Å². The van der Waals surface area contributed by atoms with E-state index in [-0.39, 0.29) is 5.54 Å². The minimum absolute atomic E-state index is 0.177. The van der Waals surface area contributed by atoms with E-state index in [2.05, 4.69) is 55.3 Å². The van der Waals surface area contributed by atoms with Gasteiger partial charge < -0.3 is 10.2 Å². The van der Waals surface area contributed by atoms with Crippen LogP contribution in [-0.4, -0.2) is 30.1 Å². The normalized spacial score (nSPS) is 17.9. The van der Waals surface area contributed by atoms with Crippen LogP contribution in [0.15, 0.2) is 24.3 Å². The highest BCUT2D eigenvalue weighted by Crippen LogP contribution is 2.26. The molecule has 1 N–H and O–H groups in total. The van der Waals surface area contributed by atoms with E-state index >= 15 is 0 Å². The zero-order chi connectivity index (χ0) is 13.7. The van der Waals surface area contributed by atoms with Crippen molar-refractivity contribution in [1.82, 2.24) is 5.32 Å². The first-order valence-corrected chi connectivity index (χ1v) is 8.43. The second kappa shape index (κ2) is 6.67. The van der Waals surface area contributed by atoms with Crippen LogP contribution in [0.5, 0.6) is 0 Å². The summed E-state index contributed by atoms with van der Waals surface area (Å²) in [5.74, 6) is 2.49. The molecule has 0 atom stereocenters. The van der Waals surface area contributed by atoms with Crippen molar-refractivity contribution in [1.29, 1.82) is 0 Å². The van der Waals surface area contributed by atoms with Crippen LogP contribution in [0.4, 0.5) is 5.69 Å². The molecule has 0 radical (unpaired) electrons. The molecule has 0 saturated heterocycles. The largest absolute Gasteiger partial charge is 0.369 e. The number of fused-ring (bicyclic) bond motifs is 1. The first kappa shape index (κ1) is 14.7. The van der Waals surface area contributed by atoms with E-state index < -0.39 is 0 Å². The van der Waals surface area contributed by atoms with Crippen molar-refractivity contribution in [3.63, 3.8) is 0 Å². The molecule has 0 aliphatic carbocycles. The van der Waals surface area contributed by atoms with Crippen LogP contribution in [0, 0.1) is 0 Å². The summed E-state index contributed by atoms with van der Waals surface area (Å²) in [7, 11) is 0. The number of hydrogen-bond acceptors (Lipinski definition) is 3. The molecule has 0 unspecified atom stereocenters. The molecule has 106 valence electrons. The van der Waals surface area contributed by atoms with E-state index in [9.17, 15) is 0 Å².